The fraction of sp³-hybridized carbons (Fsp3) is 0.261. The number of benzene rings is 1. The fourth-order valence-corrected chi connectivity index (χ4v) is 5.50. The smallest absolute Gasteiger partial charge is 0.387 e. The molecule has 0 aliphatic carbocycles. The number of aromatic nitrogens is 1. The van der Waals surface area contributed by atoms with Crippen LogP contribution in [0.15, 0.2) is 56.8 Å². The lowest BCUT2D eigenvalue weighted by atomic mass is 10.0. The lowest BCUT2D eigenvalue weighted by Crippen LogP contribution is -2.39. The van der Waals surface area contributed by atoms with Crippen molar-refractivity contribution in [1.82, 2.24) is 4.57 Å². The van der Waals surface area contributed by atoms with Crippen LogP contribution < -0.4 is 24.4 Å². The van der Waals surface area contributed by atoms with Crippen LogP contribution in [0, 0.1) is 0 Å². The number of hydrogen-bond acceptors (Lipinski definition) is 8. The van der Waals surface area contributed by atoms with E-state index >= 15 is 0 Å². The third-order valence-corrected chi connectivity index (χ3v) is 6.94. The molecule has 11 heteroatoms. The SMILES string of the molecule is CCOC(=O)C1=C(C)N=c2s/c(=C/c3ccc(OC(F)F)c(OC)c3)c(=O)n2[C@@H]1c1cccs1. The molecule has 0 N–H and O–H groups in total. The molecule has 0 fully saturated rings. The maximum absolute atomic E-state index is 13.5. The summed E-state index contributed by atoms with van der Waals surface area (Å²) in [6.45, 7) is 0.646. The number of methoxy groups -OCH3 is 1. The largest absolute Gasteiger partial charge is 0.493 e. The maximum Gasteiger partial charge on any atom is 0.387 e. The van der Waals surface area contributed by atoms with Gasteiger partial charge < -0.3 is 14.2 Å². The van der Waals surface area contributed by atoms with Gasteiger partial charge in [-0.15, -0.1) is 11.3 Å². The Hall–Kier alpha value is -3.31. The molecule has 0 unspecified atom stereocenters. The van der Waals surface area contributed by atoms with Gasteiger partial charge in [0.25, 0.3) is 5.56 Å². The molecule has 0 saturated carbocycles. The first-order chi connectivity index (χ1) is 16.3. The molecule has 3 heterocycles. The summed E-state index contributed by atoms with van der Waals surface area (Å²) in [5.41, 5.74) is 1.03. The van der Waals surface area contributed by atoms with E-state index in [9.17, 15) is 18.4 Å². The normalized spacial score (nSPS) is 15.8. The Morgan fingerprint density at radius 2 is 2.09 bits per heavy atom. The molecule has 0 amide bonds. The number of ether oxygens (including phenoxy) is 3. The van der Waals surface area contributed by atoms with E-state index in [1.807, 2.05) is 17.5 Å². The zero-order valence-corrected chi connectivity index (χ0v) is 20.0. The number of thiazole rings is 1. The number of fused-ring (bicyclic) bond motifs is 1. The standard InChI is InChI=1S/C23H20F2N2O5S2/c1-4-31-21(29)18-12(2)26-23-27(19(18)16-6-5-9-33-16)20(28)17(34-23)11-13-7-8-14(32-22(24)25)15(10-13)30-3/h5-11,19,22H,4H2,1-3H3/b17-11+/t19-/m1/s1. The highest BCUT2D eigenvalue weighted by atomic mass is 32.1. The van der Waals surface area contributed by atoms with Crippen molar-refractivity contribution in [3.63, 3.8) is 0 Å². The summed E-state index contributed by atoms with van der Waals surface area (Å²) in [6.07, 6.45) is 1.62. The van der Waals surface area contributed by atoms with Gasteiger partial charge in [-0.1, -0.05) is 23.5 Å². The zero-order chi connectivity index (χ0) is 24.4. The van der Waals surface area contributed by atoms with Crippen LogP contribution in [0.2, 0.25) is 0 Å². The van der Waals surface area contributed by atoms with Gasteiger partial charge in [0.2, 0.25) is 0 Å². The average molecular weight is 507 g/mol. The molecule has 0 saturated heterocycles. The Labute approximate surface area is 200 Å². The van der Waals surface area contributed by atoms with Crippen LogP contribution in [0.25, 0.3) is 6.08 Å². The van der Waals surface area contributed by atoms with Crippen molar-refractivity contribution in [3.8, 4) is 11.5 Å². The molecule has 7 nitrogen and oxygen atoms in total. The van der Waals surface area contributed by atoms with Crippen LogP contribution in [0.4, 0.5) is 8.78 Å². The highest BCUT2D eigenvalue weighted by Gasteiger charge is 2.33. The number of alkyl halides is 2. The molecule has 1 aromatic carbocycles. The van der Waals surface area contributed by atoms with Crippen molar-refractivity contribution in [2.75, 3.05) is 13.7 Å². The van der Waals surface area contributed by atoms with Crippen molar-refractivity contribution in [2.45, 2.75) is 26.5 Å². The number of rotatable bonds is 7. The van der Waals surface area contributed by atoms with E-state index in [0.717, 1.165) is 4.88 Å². The minimum atomic E-state index is -2.99. The number of allylic oxidation sites excluding steroid dienone is 1. The van der Waals surface area contributed by atoms with E-state index in [4.69, 9.17) is 9.47 Å². The molecule has 0 spiro atoms. The van der Waals surface area contributed by atoms with Crippen LogP contribution in [0.1, 0.15) is 30.3 Å². The number of hydrogen-bond donors (Lipinski definition) is 0. The second kappa shape index (κ2) is 9.90. The van der Waals surface area contributed by atoms with Crippen LogP contribution >= 0.6 is 22.7 Å². The molecular formula is C23H20F2N2O5S2. The summed E-state index contributed by atoms with van der Waals surface area (Å²) >= 11 is 2.60. The number of thiophene rings is 1. The second-order valence-electron chi connectivity index (χ2n) is 7.11. The Bertz CT molecular complexity index is 1420. The third-order valence-electron chi connectivity index (χ3n) is 5.03. The Morgan fingerprint density at radius 1 is 1.29 bits per heavy atom. The van der Waals surface area contributed by atoms with Gasteiger partial charge in [-0.25, -0.2) is 9.79 Å². The first kappa shape index (κ1) is 23.8. The summed E-state index contributed by atoms with van der Waals surface area (Å²) in [7, 11) is 1.34. The van der Waals surface area contributed by atoms with E-state index in [1.54, 1.807) is 26.0 Å². The molecule has 2 aromatic heterocycles. The fourth-order valence-electron chi connectivity index (χ4n) is 3.63. The molecule has 34 heavy (non-hydrogen) atoms. The van der Waals surface area contributed by atoms with Gasteiger partial charge >= 0.3 is 12.6 Å². The van der Waals surface area contributed by atoms with Crippen LogP contribution in [0.5, 0.6) is 11.5 Å². The Morgan fingerprint density at radius 3 is 2.74 bits per heavy atom. The molecular weight excluding hydrogens is 486 g/mol. The Kier molecular flexibility index (Phi) is 6.94. The Balaban J connectivity index is 1.85. The van der Waals surface area contributed by atoms with E-state index in [0.29, 0.717) is 26.2 Å². The highest BCUT2D eigenvalue weighted by molar-refractivity contribution is 7.10. The van der Waals surface area contributed by atoms with Crippen molar-refractivity contribution < 1.29 is 27.8 Å². The minimum Gasteiger partial charge on any atom is -0.493 e. The molecule has 4 rings (SSSR count). The van der Waals surface area contributed by atoms with Gasteiger partial charge in [-0.3, -0.25) is 9.36 Å². The quantitative estimate of drug-likeness (QED) is 0.459. The molecule has 1 atom stereocenters. The van der Waals surface area contributed by atoms with Gasteiger partial charge in [0.15, 0.2) is 16.3 Å². The van der Waals surface area contributed by atoms with E-state index in [2.05, 4.69) is 9.73 Å². The monoisotopic (exact) mass is 506 g/mol. The number of esters is 1. The summed E-state index contributed by atoms with van der Waals surface area (Å²) in [6, 6.07) is 7.45. The summed E-state index contributed by atoms with van der Waals surface area (Å²) in [5.74, 6) is -0.516. The van der Waals surface area contributed by atoms with Gasteiger partial charge in [0.05, 0.1) is 29.5 Å². The predicted molar refractivity (Wildman–Crippen MR) is 124 cm³/mol. The van der Waals surface area contributed by atoms with Crippen molar-refractivity contribution >= 4 is 34.7 Å². The lowest BCUT2D eigenvalue weighted by molar-refractivity contribution is -0.139. The average Bonchev–Trinajstić information content (AvgIpc) is 3.42. The summed E-state index contributed by atoms with van der Waals surface area (Å²) in [4.78, 5) is 32.0. The summed E-state index contributed by atoms with van der Waals surface area (Å²) in [5, 5.41) is 1.87. The first-order valence-corrected chi connectivity index (χ1v) is 11.9. The van der Waals surface area contributed by atoms with Crippen LogP contribution in [0.3, 0.4) is 0 Å². The molecule has 0 bridgehead atoms. The van der Waals surface area contributed by atoms with Crippen molar-refractivity contribution in [1.29, 1.82) is 0 Å². The third kappa shape index (κ3) is 4.53. The van der Waals surface area contributed by atoms with Crippen molar-refractivity contribution in [2.24, 2.45) is 4.99 Å². The number of carbonyl (C=O) groups excluding carboxylic acids is 1. The van der Waals surface area contributed by atoms with Gasteiger partial charge in [-0.05, 0) is 49.1 Å². The van der Waals surface area contributed by atoms with Crippen LogP contribution in [-0.4, -0.2) is 30.9 Å². The summed E-state index contributed by atoms with van der Waals surface area (Å²) < 4.78 is 41.9. The van der Waals surface area contributed by atoms with Gasteiger partial charge in [-0.2, -0.15) is 8.78 Å². The van der Waals surface area contributed by atoms with Crippen molar-refractivity contribution in [3.05, 3.63) is 77.1 Å². The van der Waals surface area contributed by atoms with Gasteiger partial charge in [0, 0.05) is 4.88 Å². The number of carbonyl (C=O) groups is 1. The molecule has 1 aliphatic rings. The van der Waals surface area contributed by atoms with E-state index in [-0.39, 0.29) is 23.7 Å². The first-order valence-electron chi connectivity index (χ1n) is 10.2. The molecule has 178 valence electrons. The second-order valence-corrected chi connectivity index (χ2v) is 9.09. The highest BCUT2D eigenvalue weighted by Crippen LogP contribution is 2.33. The number of halogens is 2. The maximum atomic E-state index is 13.5. The molecule has 1 aliphatic heterocycles. The van der Waals surface area contributed by atoms with E-state index in [1.165, 1.54) is 46.5 Å². The zero-order valence-electron chi connectivity index (χ0n) is 18.4. The number of nitrogens with zero attached hydrogens (tertiary/aromatic N) is 2. The van der Waals surface area contributed by atoms with Crippen LogP contribution in [-0.2, 0) is 9.53 Å². The lowest BCUT2D eigenvalue weighted by Gasteiger charge is -2.23. The topological polar surface area (TPSA) is 79.1 Å². The molecule has 3 aromatic rings. The molecule has 0 radical (unpaired) electrons. The predicted octanol–water partition coefficient (Wildman–Crippen LogP) is 3.47. The van der Waals surface area contributed by atoms with E-state index < -0.39 is 18.6 Å². The van der Waals surface area contributed by atoms with Gasteiger partial charge in [0.1, 0.15) is 6.04 Å². The minimum absolute atomic E-state index is 0.108.